The van der Waals surface area contributed by atoms with Gasteiger partial charge in [-0.25, -0.2) is 4.98 Å². The lowest BCUT2D eigenvalue weighted by Crippen LogP contribution is -2.28. The van der Waals surface area contributed by atoms with Gasteiger partial charge in [-0.2, -0.15) is 0 Å². The highest BCUT2D eigenvalue weighted by molar-refractivity contribution is 5.99. The normalized spacial score (nSPS) is 17.7. The molecule has 0 aliphatic carbocycles. The van der Waals surface area contributed by atoms with Gasteiger partial charge in [0.15, 0.2) is 0 Å². The van der Waals surface area contributed by atoms with E-state index in [1.54, 1.807) is 12.3 Å². The van der Waals surface area contributed by atoms with E-state index in [0.29, 0.717) is 16.8 Å². The van der Waals surface area contributed by atoms with Crippen LogP contribution in [0.25, 0.3) is 0 Å². The number of nitrogens with two attached hydrogens (primary N) is 2. The molecule has 1 saturated heterocycles. The Balaban J connectivity index is 2.31. The second-order valence-corrected chi connectivity index (χ2v) is 5.37. The van der Waals surface area contributed by atoms with Crippen LogP contribution in [0.2, 0.25) is 0 Å². The van der Waals surface area contributed by atoms with Gasteiger partial charge in [0.2, 0.25) is 0 Å². The molecular weight excluding hydrogens is 240 g/mol. The molecule has 19 heavy (non-hydrogen) atoms. The quantitative estimate of drug-likeness (QED) is 0.866. The van der Waals surface area contributed by atoms with E-state index in [1.165, 1.54) is 0 Å². The van der Waals surface area contributed by atoms with Gasteiger partial charge >= 0.3 is 0 Å². The van der Waals surface area contributed by atoms with Crippen molar-refractivity contribution in [3.8, 4) is 0 Å². The second kappa shape index (κ2) is 5.07. The molecule has 5 nitrogen and oxygen atoms in total. The van der Waals surface area contributed by atoms with E-state index in [9.17, 15) is 4.79 Å². The van der Waals surface area contributed by atoms with Crippen LogP contribution < -0.4 is 16.4 Å². The number of carbonyl (C=O) groups is 1. The van der Waals surface area contributed by atoms with Crippen LogP contribution in [-0.4, -0.2) is 24.0 Å². The van der Waals surface area contributed by atoms with E-state index in [2.05, 4.69) is 23.7 Å². The molecule has 0 radical (unpaired) electrons. The number of rotatable bonds is 4. The first-order valence-corrected chi connectivity index (χ1v) is 6.81. The number of aromatic nitrogens is 1. The first-order chi connectivity index (χ1) is 9.01. The molecule has 0 atom stereocenters. The molecule has 0 spiro atoms. The van der Waals surface area contributed by atoms with Gasteiger partial charge in [0, 0.05) is 13.1 Å². The number of carbonyl (C=O) groups excluding carboxylic acids is 1. The van der Waals surface area contributed by atoms with E-state index in [4.69, 9.17) is 11.5 Å². The summed E-state index contributed by atoms with van der Waals surface area (Å²) in [7, 11) is 0. The summed E-state index contributed by atoms with van der Waals surface area (Å²) in [4.78, 5) is 17.8. The Morgan fingerprint density at radius 3 is 2.68 bits per heavy atom. The van der Waals surface area contributed by atoms with Crippen molar-refractivity contribution in [1.29, 1.82) is 0 Å². The molecule has 1 fully saturated rings. The minimum absolute atomic E-state index is 0.328. The van der Waals surface area contributed by atoms with Crippen molar-refractivity contribution in [1.82, 2.24) is 4.98 Å². The first-order valence-electron chi connectivity index (χ1n) is 6.81. The summed E-state index contributed by atoms with van der Waals surface area (Å²) in [6.07, 6.45) is 5.10. The van der Waals surface area contributed by atoms with Gasteiger partial charge in [-0.05, 0) is 30.7 Å². The lowest BCUT2D eigenvalue weighted by molar-refractivity contribution is 0.100. The van der Waals surface area contributed by atoms with Crippen molar-refractivity contribution in [2.75, 3.05) is 23.7 Å². The van der Waals surface area contributed by atoms with Gasteiger partial charge in [0.1, 0.15) is 5.82 Å². The Bertz CT molecular complexity index is 482. The fraction of sp³-hybridized carbons (Fsp3) is 0.571. The maximum absolute atomic E-state index is 11.5. The van der Waals surface area contributed by atoms with Gasteiger partial charge in [-0.3, -0.25) is 4.79 Å². The number of anilines is 2. The van der Waals surface area contributed by atoms with Crippen molar-refractivity contribution in [2.24, 2.45) is 11.1 Å². The average Bonchev–Trinajstić information content (AvgIpc) is 2.83. The maximum atomic E-state index is 11.5. The van der Waals surface area contributed by atoms with E-state index >= 15 is 0 Å². The van der Waals surface area contributed by atoms with E-state index in [1.807, 2.05) is 0 Å². The highest BCUT2D eigenvalue weighted by Crippen LogP contribution is 2.39. The van der Waals surface area contributed by atoms with Crippen LogP contribution in [0.3, 0.4) is 0 Å². The number of hydrogen-bond acceptors (Lipinski definition) is 4. The van der Waals surface area contributed by atoms with Crippen LogP contribution in [0.15, 0.2) is 12.3 Å². The first kappa shape index (κ1) is 13.6. The molecule has 1 aromatic heterocycles. The summed E-state index contributed by atoms with van der Waals surface area (Å²) in [6, 6.07) is 1.57. The van der Waals surface area contributed by atoms with Crippen molar-refractivity contribution in [2.45, 2.75) is 33.1 Å². The average molecular weight is 262 g/mol. The summed E-state index contributed by atoms with van der Waals surface area (Å²) in [5.41, 5.74) is 12.7. The second-order valence-electron chi connectivity index (χ2n) is 5.37. The fourth-order valence-electron chi connectivity index (χ4n) is 2.88. The molecular formula is C14H22N4O. The Morgan fingerprint density at radius 1 is 1.47 bits per heavy atom. The Morgan fingerprint density at radius 2 is 2.16 bits per heavy atom. The third-order valence-electron chi connectivity index (χ3n) is 4.45. The Kier molecular flexibility index (Phi) is 3.64. The van der Waals surface area contributed by atoms with Gasteiger partial charge in [0.25, 0.3) is 5.91 Å². The molecule has 4 N–H and O–H groups in total. The molecule has 1 aliphatic heterocycles. The smallest absolute Gasteiger partial charge is 0.251 e. The zero-order valence-electron chi connectivity index (χ0n) is 11.6. The minimum Gasteiger partial charge on any atom is -0.384 e. The lowest BCUT2D eigenvalue weighted by atomic mass is 9.82. The highest BCUT2D eigenvalue weighted by Gasteiger charge is 2.36. The Labute approximate surface area is 114 Å². The SMILES string of the molecule is CCC1(CC)CCN(c2cnc(N)cc2C(N)=O)C1. The molecule has 2 rings (SSSR count). The predicted molar refractivity (Wildman–Crippen MR) is 77.0 cm³/mol. The molecule has 1 aromatic rings. The predicted octanol–water partition coefficient (Wildman–Crippen LogP) is 1.78. The van der Waals surface area contributed by atoms with Gasteiger partial charge in [-0.15, -0.1) is 0 Å². The third kappa shape index (κ3) is 2.50. The molecule has 5 heteroatoms. The summed E-state index contributed by atoms with van der Waals surface area (Å²) in [6.45, 7) is 6.34. The molecule has 0 bridgehead atoms. The minimum atomic E-state index is -0.449. The fourth-order valence-corrected chi connectivity index (χ4v) is 2.88. The van der Waals surface area contributed by atoms with Crippen LogP contribution in [-0.2, 0) is 0 Å². The largest absolute Gasteiger partial charge is 0.384 e. The summed E-state index contributed by atoms with van der Waals surface area (Å²) < 4.78 is 0. The number of nitrogens with zero attached hydrogens (tertiary/aromatic N) is 2. The molecule has 104 valence electrons. The van der Waals surface area contributed by atoms with Crippen LogP contribution in [0.4, 0.5) is 11.5 Å². The Hall–Kier alpha value is -1.78. The van der Waals surface area contributed by atoms with Crippen molar-refractivity contribution in [3.05, 3.63) is 17.8 Å². The van der Waals surface area contributed by atoms with Gasteiger partial charge < -0.3 is 16.4 Å². The zero-order valence-corrected chi connectivity index (χ0v) is 11.6. The van der Waals surface area contributed by atoms with Crippen LogP contribution in [0.5, 0.6) is 0 Å². The number of primary amides is 1. The molecule has 1 aliphatic rings. The molecule has 2 heterocycles. The molecule has 0 aromatic carbocycles. The lowest BCUT2D eigenvalue weighted by Gasteiger charge is -2.27. The van der Waals surface area contributed by atoms with Crippen molar-refractivity contribution in [3.63, 3.8) is 0 Å². The molecule has 0 saturated carbocycles. The van der Waals surface area contributed by atoms with Crippen molar-refractivity contribution < 1.29 is 4.79 Å². The van der Waals surface area contributed by atoms with Crippen LogP contribution >= 0.6 is 0 Å². The summed E-state index contributed by atoms with van der Waals surface area (Å²) in [5, 5.41) is 0. The van der Waals surface area contributed by atoms with Gasteiger partial charge in [0.05, 0.1) is 17.4 Å². The van der Waals surface area contributed by atoms with Crippen LogP contribution in [0, 0.1) is 5.41 Å². The number of pyridine rings is 1. The summed E-state index contributed by atoms with van der Waals surface area (Å²) in [5.74, 6) is -0.122. The van der Waals surface area contributed by atoms with Crippen molar-refractivity contribution >= 4 is 17.4 Å². The third-order valence-corrected chi connectivity index (χ3v) is 4.45. The molecule has 1 amide bonds. The van der Waals surface area contributed by atoms with Crippen LogP contribution in [0.1, 0.15) is 43.5 Å². The number of hydrogen-bond donors (Lipinski definition) is 2. The van der Waals surface area contributed by atoms with Gasteiger partial charge in [-0.1, -0.05) is 13.8 Å². The van der Waals surface area contributed by atoms with E-state index in [-0.39, 0.29) is 0 Å². The molecule has 0 unspecified atom stereocenters. The van der Waals surface area contributed by atoms with E-state index in [0.717, 1.165) is 38.0 Å². The van der Waals surface area contributed by atoms with E-state index < -0.39 is 5.91 Å². The topological polar surface area (TPSA) is 85.2 Å². The standard InChI is InChI=1S/C14H22N4O/c1-3-14(4-2)5-6-18(9-14)11-8-17-12(15)7-10(11)13(16)19/h7-8H,3-6,9H2,1-2H3,(H2,15,17)(H2,16,19). The number of nitrogen functional groups attached to an aromatic ring is 1. The number of amides is 1. The monoisotopic (exact) mass is 262 g/mol. The highest BCUT2D eigenvalue weighted by atomic mass is 16.1. The maximum Gasteiger partial charge on any atom is 0.251 e. The summed E-state index contributed by atoms with van der Waals surface area (Å²) >= 11 is 0. The zero-order chi connectivity index (χ0) is 14.0.